The highest BCUT2D eigenvalue weighted by Crippen LogP contribution is 2.37. The van der Waals surface area contributed by atoms with Crippen molar-refractivity contribution in [3.8, 4) is 23.0 Å². The quantitative estimate of drug-likeness (QED) is 0.307. The third-order valence-electron chi connectivity index (χ3n) is 5.79. The first-order chi connectivity index (χ1) is 17.3. The standard InChI is InChI=1S/C27H22FN3O4S/c1-2-36(33,34)20-12-10-19(11-13-20)35-25-16-24-23(30-27(31-24)22-5-3-4-14-29-22)15-21(25)26(32)17-6-8-18(28)9-7-17/h3-16,26,32H,2H2,1H3,(H,30,31). The normalized spacial score (nSPS) is 12.5. The minimum Gasteiger partial charge on any atom is -0.457 e. The van der Waals surface area contributed by atoms with Crippen LogP contribution in [0.5, 0.6) is 11.5 Å². The molecule has 5 rings (SSSR count). The van der Waals surface area contributed by atoms with Crippen LogP contribution in [0, 0.1) is 5.82 Å². The second-order valence-corrected chi connectivity index (χ2v) is 10.4. The number of imidazole rings is 1. The molecular weight excluding hydrogens is 481 g/mol. The van der Waals surface area contributed by atoms with Gasteiger partial charge in [0, 0.05) is 17.8 Å². The number of halogens is 1. The van der Waals surface area contributed by atoms with Gasteiger partial charge < -0.3 is 14.8 Å². The van der Waals surface area contributed by atoms with Crippen LogP contribution in [0.4, 0.5) is 4.39 Å². The molecule has 3 aromatic carbocycles. The van der Waals surface area contributed by atoms with Crippen molar-refractivity contribution in [1.29, 1.82) is 0 Å². The smallest absolute Gasteiger partial charge is 0.178 e. The Bertz CT molecular complexity index is 1620. The highest BCUT2D eigenvalue weighted by Gasteiger charge is 2.20. The number of fused-ring (bicyclic) bond motifs is 1. The zero-order valence-corrected chi connectivity index (χ0v) is 20.0. The Labute approximate surface area is 207 Å². The Morgan fingerprint density at radius 1 is 1.03 bits per heavy atom. The van der Waals surface area contributed by atoms with Crippen LogP contribution in [-0.4, -0.2) is 34.2 Å². The van der Waals surface area contributed by atoms with Crippen LogP contribution in [-0.2, 0) is 9.84 Å². The molecule has 2 heterocycles. The number of rotatable bonds is 7. The van der Waals surface area contributed by atoms with Crippen LogP contribution in [0.2, 0.25) is 0 Å². The Morgan fingerprint density at radius 2 is 1.78 bits per heavy atom. The maximum atomic E-state index is 13.5. The highest BCUT2D eigenvalue weighted by atomic mass is 32.2. The minimum absolute atomic E-state index is 0.00432. The van der Waals surface area contributed by atoms with E-state index < -0.39 is 21.8 Å². The van der Waals surface area contributed by atoms with Crippen LogP contribution in [0.25, 0.3) is 22.6 Å². The summed E-state index contributed by atoms with van der Waals surface area (Å²) in [7, 11) is -3.35. The summed E-state index contributed by atoms with van der Waals surface area (Å²) in [6.07, 6.45) is 0.551. The number of pyridine rings is 1. The summed E-state index contributed by atoms with van der Waals surface area (Å²) in [6, 6.07) is 20.6. The van der Waals surface area contributed by atoms with Crippen molar-refractivity contribution in [3.05, 3.63) is 102 Å². The second kappa shape index (κ2) is 9.52. The molecule has 182 valence electrons. The van der Waals surface area contributed by atoms with Gasteiger partial charge in [0.15, 0.2) is 15.7 Å². The molecule has 0 spiro atoms. The monoisotopic (exact) mass is 503 g/mol. The van der Waals surface area contributed by atoms with E-state index in [1.54, 1.807) is 37.4 Å². The van der Waals surface area contributed by atoms with Crippen molar-refractivity contribution < 1.29 is 22.7 Å². The predicted molar refractivity (Wildman–Crippen MR) is 134 cm³/mol. The molecule has 0 bridgehead atoms. The maximum absolute atomic E-state index is 13.5. The van der Waals surface area contributed by atoms with Crippen molar-refractivity contribution in [2.24, 2.45) is 0 Å². The molecule has 0 amide bonds. The third-order valence-corrected chi connectivity index (χ3v) is 7.54. The van der Waals surface area contributed by atoms with Gasteiger partial charge in [-0.15, -0.1) is 0 Å². The number of aromatic nitrogens is 3. The first-order valence-electron chi connectivity index (χ1n) is 11.2. The average Bonchev–Trinajstić information content (AvgIpc) is 3.32. The maximum Gasteiger partial charge on any atom is 0.178 e. The lowest BCUT2D eigenvalue weighted by atomic mass is 10.00. The van der Waals surface area contributed by atoms with E-state index in [1.165, 1.54) is 36.4 Å². The molecule has 0 radical (unpaired) electrons. The SMILES string of the molecule is CCS(=O)(=O)c1ccc(Oc2cc3nc(-c4ccccn4)[nH]c3cc2C(O)c2ccc(F)cc2)cc1. The Balaban J connectivity index is 1.58. The van der Waals surface area contributed by atoms with Gasteiger partial charge >= 0.3 is 0 Å². The average molecular weight is 504 g/mol. The molecule has 0 aliphatic heterocycles. The van der Waals surface area contributed by atoms with E-state index in [4.69, 9.17) is 4.74 Å². The van der Waals surface area contributed by atoms with Crippen molar-refractivity contribution in [2.75, 3.05) is 5.75 Å². The Kier molecular flexibility index (Phi) is 6.26. The van der Waals surface area contributed by atoms with E-state index in [0.717, 1.165) is 0 Å². The molecule has 0 fully saturated rings. The van der Waals surface area contributed by atoms with Gasteiger partial charge in [-0.25, -0.2) is 17.8 Å². The summed E-state index contributed by atoms with van der Waals surface area (Å²) in [6.45, 7) is 1.58. The molecule has 7 nitrogen and oxygen atoms in total. The molecule has 2 N–H and O–H groups in total. The first kappa shape index (κ1) is 23.7. The fraction of sp³-hybridized carbons (Fsp3) is 0.111. The molecule has 0 saturated heterocycles. The van der Waals surface area contributed by atoms with Crippen LogP contribution >= 0.6 is 0 Å². The largest absolute Gasteiger partial charge is 0.457 e. The number of nitrogens with zero attached hydrogens (tertiary/aromatic N) is 2. The molecular formula is C27H22FN3O4S. The van der Waals surface area contributed by atoms with Crippen molar-refractivity contribution >= 4 is 20.9 Å². The molecule has 0 aliphatic rings. The highest BCUT2D eigenvalue weighted by molar-refractivity contribution is 7.91. The molecule has 0 aliphatic carbocycles. The summed E-state index contributed by atoms with van der Waals surface area (Å²) < 4.78 is 43.9. The minimum atomic E-state index is -3.35. The predicted octanol–water partition coefficient (Wildman–Crippen LogP) is 5.43. The van der Waals surface area contributed by atoms with Gasteiger partial charge in [0.05, 0.1) is 21.7 Å². The van der Waals surface area contributed by atoms with Gasteiger partial charge in [-0.05, 0) is 60.2 Å². The Hall–Kier alpha value is -4.08. The molecule has 2 aromatic heterocycles. The van der Waals surface area contributed by atoms with E-state index in [-0.39, 0.29) is 10.6 Å². The molecule has 1 atom stereocenters. The van der Waals surface area contributed by atoms with Gasteiger partial charge in [-0.2, -0.15) is 0 Å². The van der Waals surface area contributed by atoms with Crippen LogP contribution in [0.15, 0.2) is 90.0 Å². The van der Waals surface area contributed by atoms with Crippen LogP contribution in [0.1, 0.15) is 24.2 Å². The lowest BCUT2D eigenvalue weighted by Gasteiger charge is -2.17. The van der Waals surface area contributed by atoms with Crippen molar-refractivity contribution in [1.82, 2.24) is 15.0 Å². The number of sulfone groups is 1. The van der Waals surface area contributed by atoms with E-state index in [0.29, 0.717) is 45.2 Å². The summed E-state index contributed by atoms with van der Waals surface area (Å²) in [4.78, 5) is 12.4. The second-order valence-electron chi connectivity index (χ2n) is 8.14. The fourth-order valence-corrected chi connectivity index (χ4v) is 4.70. The zero-order valence-electron chi connectivity index (χ0n) is 19.2. The van der Waals surface area contributed by atoms with E-state index in [2.05, 4.69) is 15.0 Å². The number of hydrogen-bond acceptors (Lipinski definition) is 6. The molecule has 1 unspecified atom stereocenters. The lowest BCUT2D eigenvalue weighted by molar-refractivity contribution is 0.216. The van der Waals surface area contributed by atoms with Gasteiger partial charge in [-0.1, -0.05) is 25.1 Å². The van der Waals surface area contributed by atoms with E-state index in [1.807, 2.05) is 18.2 Å². The number of H-pyrrole nitrogens is 1. The summed E-state index contributed by atoms with van der Waals surface area (Å²) >= 11 is 0. The first-order valence-corrected chi connectivity index (χ1v) is 12.9. The number of aliphatic hydroxyl groups excluding tert-OH is 1. The lowest BCUT2D eigenvalue weighted by Crippen LogP contribution is -2.04. The van der Waals surface area contributed by atoms with Gasteiger partial charge in [0.25, 0.3) is 0 Å². The van der Waals surface area contributed by atoms with Crippen LogP contribution < -0.4 is 4.74 Å². The van der Waals surface area contributed by atoms with Crippen LogP contribution in [0.3, 0.4) is 0 Å². The third kappa shape index (κ3) is 4.71. The van der Waals surface area contributed by atoms with Gasteiger partial charge in [0.2, 0.25) is 0 Å². The number of aliphatic hydroxyl groups is 1. The summed E-state index contributed by atoms with van der Waals surface area (Å²) in [5.41, 5.74) is 2.81. The van der Waals surface area contributed by atoms with Crippen molar-refractivity contribution in [3.63, 3.8) is 0 Å². The van der Waals surface area contributed by atoms with Gasteiger partial charge in [-0.3, -0.25) is 4.98 Å². The fourth-order valence-electron chi connectivity index (χ4n) is 3.81. The molecule has 9 heteroatoms. The number of ether oxygens (including phenoxy) is 1. The number of nitrogens with one attached hydrogen (secondary N) is 1. The van der Waals surface area contributed by atoms with E-state index in [9.17, 15) is 17.9 Å². The topological polar surface area (TPSA) is 105 Å². The van der Waals surface area contributed by atoms with Gasteiger partial charge in [0.1, 0.15) is 29.1 Å². The van der Waals surface area contributed by atoms with Crippen molar-refractivity contribution in [2.45, 2.75) is 17.9 Å². The number of hydrogen-bond donors (Lipinski definition) is 2. The molecule has 5 aromatic rings. The molecule has 36 heavy (non-hydrogen) atoms. The van der Waals surface area contributed by atoms with E-state index >= 15 is 0 Å². The molecule has 0 saturated carbocycles. The number of benzene rings is 3. The zero-order chi connectivity index (χ0) is 25.3. The summed E-state index contributed by atoms with van der Waals surface area (Å²) in [5.74, 6) is 0.852. The number of aromatic amines is 1. The summed E-state index contributed by atoms with van der Waals surface area (Å²) in [5, 5.41) is 11.2. The Morgan fingerprint density at radius 3 is 2.44 bits per heavy atom.